The predicted octanol–water partition coefficient (Wildman–Crippen LogP) is 1.21. The average molecular weight is 211 g/mol. The third kappa shape index (κ3) is 3.71. The standard InChI is InChI=1S/C10H17N3O2/c1-3-12(4-2)7-8-15-10(14)13-6-5-11-9-13/h5-6,9H,3-4,7-8H2,1-2H3. The summed E-state index contributed by atoms with van der Waals surface area (Å²) in [5.41, 5.74) is 0. The fraction of sp³-hybridized carbons (Fsp3) is 0.600. The Morgan fingerprint density at radius 1 is 1.47 bits per heavy atom. The van der Waals surface area contributed by atoms with Crippen molar-refractivity contribution in [3.05, 3.63) is 18.7 Å². The van der Waals surface area contributed by atoms with E-state index in [0.717, 1.165) is 19.6 Å². The molecular weight excluding hydrogens is 194 g/mol. The topological polar surface area (TPSA) is 47.4 Å². The zero-order chi connectivity index (χ0) is 11.1. The third-order valence-electron chi connectivity index (χ3n) is 2.24. The second-order valence-corrected chi connectivity index (χ2v) is 3.11. The Morgan fingerprint density at radius 2 is 2.20 bits per heavy atom. The highest BCUT2D eigenvalue weighted by molar-refractivity contribution is 5.69. The van der Waals surface area contributed by atoms with Crippen LogP contribution in [-0.4, -0.2) is 46.8 Å². The first-order valence-corrected chi connectivity index (χ1v) is 5.15. The minimum Gasteiger partial charge on any atom is -0.448 e. The Balaban J connectivity index is 2.23. The van der Waals surface area contributed by atoms with Gasteiger partial charge in [-0.05, 0) is 13.1 Å². The molecule has 0 atom stereocenters. The van der Waals surface area contributed by atoms with Gasteiger partial charge in [0.05, 0.1) is 0 Å². The van der Waals surface area contributed by atoms with Gasteiger partial charge in [-0.25, -0.2) is 14.3 Å². The van der Waals surface area contributed by atoms with E-state index in [0.29, 0.717) is 6.61 Å². The fourth-order valence-corrected chi connectivity index (χ4v) is 1.24. The molecule has 84 valence electrons. The van der Waals surface area contributed by atoms with Crippen molar-refractivity contribution in [2.24, 2.45) is 0 Å². The van der Waals surface area contributed by atoms with Crippen LogP contribution in [0.15, 0.2) is 18.7 Å². The zero-order valence-corrected chi connectivity index (χ0v) is 9.22. The number of hydrogen-bond acceptors (Lipinski definition) is 4. The molecule has 0 N–H and O–H groups in total. The van der Waals surface area contributed by atoms with E-state index in [9.17, 15) is 4.79 Å². The second kappa shape index (κ2) is 6.19. The number of imidazole rings is 1. The minimum atomic E-state index is -0.375. The molecule has 0 aliphatic carbocycles. The number of hydrogen-bond donors (Lipinski definition) is 0. The number of likely N-dealkylation sites (N-methyl/N-ethyl adjacent to an activating group) is 1. The number of carbonyl (C=O) groups is 1. The van der Waals surface area contributed by atoms with Gasteiger partial charge >= 0.3 is 6.09 Å². The summed E-state index contributed by atoms with van der Waals surface area (Å²) in [6.07, 6.45) is 4.17. The summed E-state index contributed by atoms with van der Waals surface area (Å²) in [5, 5.41) is 0. The van der Waals surface area contributed by atoms with Crippen LogP contribution < -0.4 is 0 Å². The van der Waals surface area contributed by atoms with Crippen LogP contribution in [0.1, 0.15) is 13.8 Å². The second-order valence-electron chi connectivity index (χ2n) is 3.11. The molecule has 1 aromatic rings. The highest BCUT2D eigenvalue weighted by Crippen LogP contribution is 1.92. The maximum Gasteiger partial charge on any atom is 0.419 e. The summed E-state index contributed by atoms with van der Waals surface area (Å²) < 4.78 is 6.38. The summed E-state index contributed by atoms with van der Waals surface area (Å²) in [5.74, 6) is 0. The smallest absolute Gasteiger partial charge is 0.419 e. The molecule has 0 aliphatic rings. The maximum atomic E-state index is 11.3. The van der Waals surface area contributed by atoms with Crippen LogP contribution in [0.25, 0.3) is 0 Å². The number of aromatic nitrogens is 2. The molecule has 0 unspecified atom stereocenters. The molecule has 0 spiro atoms. The average Bonchev–Trinajstić information content (AvgIpc) is 2.77. The highest BCUT2D eigenvalue weighted by Gasteiger charge is 2.05. The first kappa shape index (κ1) is 11.7. The van der Waals surface area contributed by atoms with Gasteiger partial charge in [0.2, 0.25) is 0 Å². The molecule has 1 rings (SSSR count). The van der Waals surface area contributed by atoms with E-state index in [1.165, 1.54) is 10.9 Å². The lowest BCUT2D eigenvalue weighted by atomic mass is 10.5. The molecule has 1 aromatic heterocycles. The van der Waals surface area contributed by atoms with Gasteiger partial charge in [-0.3, -0.25) is 0 Å². The van der Waals surface area contributed by atoms with Crippen LogP contribution in [0.2, 0.25) is 0 Å². The van der Waals surface area contributed by atoms with E-state index in [2.05, 4.69) is 23.7 Å². The van der Waals surface area contributed by atoms with E-state index in [4.69, 9.17) is 4.74 Å². The molecule has 5 heteroatoms. The monoisotopic (exact) mass is 211 g/mol. The summed E-state index contributed by atoms with van der Waals surface area (Å²) in [6, 6.07) is 0. The van der Waals surface area contributed by atoms with Crippen molar-refractivity contribution in [2.45, 2.75) is 13.8 Å². The Labute approximate surface area is 89.7 Å². The van der Waals surface area contributed by atoms with Gasteiger partial charge in [-0.2, -0.15) is 0 Å². The molecule has 1 heterocycles. The van der Waals surface area contributed by atoms with E-state index in [-0.39, 0.29) is 6.09 Å². The van der Waals surface area contributed by atoms with Crippen molar-refractivity contribution in [1.82, 2.24) is 14.5 Å². The van der Waals surface area contributed by atoms with E-state index in [1.807, 2.05) is 0 Å². The fourth-order valence-electron chi connectivity index (χ4n) is 1.24. The van der Waals surface area contributed by atoms with Crippen LogP contribution in [0, 0.1) is 0 Å². The van der Waals surface area contributed by atoms with Crippen LogP contribution in [0.3, 0.4) is 0 Å². The first-order valence-electron chi connectivity index (χ1n) is 5.15. The number of carbonyl (C=O) groups excluding carboxylic acids is 1. The third-order valence-corrected chi connectivity index (χ3v) is 2.24. The van der Waals surface area contributed by atoms with Crippen LogP contribution in [0.4, 0.5) is 4.79 Å². The molecule has 0 amide bonds. The molecule has 0 fully saturated rings. The minimum absolute atomic E-state index is 0.375. The largest absolute Gasteiger partial charge is 0.448 e. The Morgan fingerprint density at radius 3 is 2.73 bits per heavy atom. The molecule has 0 saturated heterocycles. The van der Waals surface area contributed by atoms with Crippen molar-refractivity contribution in [3.8, 4) is 0 Å². The van der Waals surface area contributed by atoms with Crippen molar-refractivity contribution < 1.29 is 9.53 Å². The van der Waals surface area contributed by atoms with Gasteiger partial charge in [0.15, 0.2) is 0 Å². The SMILES string of the molecule is CCN(CC)CCOC(=O)n1ccnc1. The van der Waals surface area contributed by atoms with E-state index < -0.39 is 0 Å². The van der Waals surface area contributed by atoms with Crippen molar-refractivity contribution in [3.63, 3.8) is 0 Å². The van der Waals surface area contributed by atoms with Gasteiger partial charge in [0.25, 0.3) is 0 Å². The van der Waals surface area contributed by atoms with Crippen molar-refractivity contribution in [1.29, 1.82) is 0 Å². The van der Waals surface area contributed by atoms with Gasteiger partial charge < -0.3 is 9.64 Å². The Hall–Kier alpha value is -1.36. The number of rotatable bonds is 5. The van der Waals surface area contributed by atoms with E-state index >= 15 is 0 Å². The van der Waals surface area contributed by atoms with Crippen LogP contribution in [-0.2, 0) is 4.74 Å². The number of ether oxygens (including phenoxy) is 1. The lowest BCUT2D eigenvalue weighted by molar-refractivity contribution is 0.131. The lowest BCUT2D eigenvalue weighted by Crippen LogP contribution is -2.28. The Kier molecular flexibility index (Phi) is 4.83. The Bertz CT molecular complexity index is 281. The maximum absolute atomic E-state index is 11.3. The molecule has 5 nitrogen and oxygen atoms in total. The van der Waals surface area contributed by atoms with Gasteiger partial charge in [0.1, 0.15) is 12.9 Å². The number of nitrogens with zero attached hydrogens (tertiary/aromatic N) is 3. The van der Waals surface area contributed by atoms with Crippen LogP contribution in [0.5, 0.6) is 0 Å². The van der Waals surface area contributed by atoms with Gasteiger partial charge in [-0.15, -0.1) is 0 Å². The molecule has 0 saturated carbocycles. The van der Waals surface area contributed by atoms with E-state index in [1.54, 1.807) is 12.4 Å². The summed E-state index contributed by atoms with van der Waals surface area (Å²) in [4.78, 5) is 17.3. The van der Waals surface area contributed by atoms with Gasteiger partial charge in [-0.1, -0.05) is 13.8 Å². The molecule has 0 aromatic carbocycles. The normalized spacial score (nSPS) is 10.6. The highest BCUT2D eigenvalue weighted by atomic mass is 16.5. The summed E-state index contributed by atoms with van der Waals surface area (Å²) in [6.45, 7) is 7.30. The molecule has 0 radical (unpaired) electrons. The quantitative estimate of drug-likeness (QED) is 0.734. The molecular formula is C10H17N3O2. The van der Waals surface area contributed by atoms with Gasteiger partial charge in [0, 0.05) is 18.9 Å². The van der Waals surface area contributed by atoms with Crippen LogP contribution >= 0.6 is 0 Å². The van der Waals surface area contributed by atoms with Crippen molar-refractivity contribution >= 4 is 6.09 Å². The summed E-state index contributed by atoms with van der Waals surface area (Å²) >= 11 is 0. The molecule has 0 bridgehead atoms. The first-order chi connectivity index (χ1) is 7.27. The molecule has 0 aliphatic heterocycles. The van der Waals surface area contributed by atoms with Crippen molar-refractivity contribution in [2.75, 3.05) is 26.2 Å². The summed E-state index contributed by atoms with van der Waals surface area (Å²) in [7, 11) is 0. The zero-order valence-electron chi connectivity index (χ0n) is 9.22. The lowest BCUT2D eigenvalue weighted by Gasteiger charge is -2.17. The molecule has 15 heavy (non-hydrogen) atoms. The predicted molar refractivity (Wildman–Crippen MR) is 56.8 cm³/mol.